The molecule has 0 aliphatic carbocycles. The van der Waals surface area contributed by atoms with E-state index in [9.17, 15) is 15.0 Å². The van der Waals surface area contributed by atoms with E-state index in [1.807, 2.05) is 43.0 Å². The molecule has 0 radical (unpaired) electrons. The van der Waals surface area contributed by atoms with Gasteiger partial charge in [-0.05, 0) is 55.4 Å². The standard InChI is InChI=1S/C27H36N2O3/c1-19(2)26(31)29-13-5-7-21-17-22(9-10-24(21)29)25(30)18-28-14-11-27(32,12-15-28)23-8-4-6-20(3)16-23/h4,6,8-10,16-17,19,25,30,32H,5,7,11-15,18H2,1-3H3/t25-/m0/s1. The molecule has 2 aromatic carbocycles. The predicted octanol–water partition coefficient (Wildman–Crippen LogP) is 3.95. The highest BCUT2D eigenvalue weighted by Crippen LogP contribution is 2.35. The summed E-state index contributed by atoms with van der Waals surface area (Å²) >= 11 is 0. The molecule has 0 spiro atoms. The highest BCUT2D eigenvalue weighted by atomic mass is 16.3. The Kier molecular flexibility index (Phi) is 6.70. The molecule has 1 atom stereocenters. The molecule has 5 heteroatoms. The zero-order valence-electron chi connectivity index (χ0n) is 19.6. The number of amides is 1. The monoisotopic (exact) mass is 436 g/mol. The summed E-state index contributed by atoms with van der Waals surface area (Å²) in [7, 11) is 0. The summed E-state index contributed by atoms with van der Waals surface area (Å²) in [6, 6.07) is 14.2. The van der Waals surface area contributed by atoms with Gasteiger partial charge in [-0.1, -0.05) is 55.8 Å². The van der Waals surface area contributed by atoms with Crippen molar-refractivity contribution < 1.29 is 15.0 Å². The molecule has 0 bridgehead atoms. The number of nitrogens with zero attached hydrogens (tertiary/aromatic N) is 2. The number of aliphatic hydroxyl groups is 2. The summed E-state index contributed by atoms with van der Waals surface area (Å²) in [5.41, 5.74) is 4.41. The Hall–Kier alpha value is -2.21. The Bertz CT molecular complexity index is 963. The fraction of sp³-hybridized carbons (Fsp3) is 0.519. The van der Waals surface area contributed by atoms with Crippen LogP contribution in [-0.4, -0.2) is 47.2 Å². The SMILES string of the molecule is Cc1cccc(C2(O)CCN(C[C@H](O)c3ccc4c(c3)CCCN4C(=O)C(C)C)CC2)c1. The van der Waals surface area contributed by atoms with Crippen LogP contribution in [0.25, 0.3) is 0 Å². The third-order valence-electron chi connectivity index (χ3n) is 7.04. The van der Waals surface area contributed by atoms with Crippen molar-refractivity contribution in [2.75, 3.05) is 31.1 Å². The van der Waals surface area contributed by atoms with Crippen molar-refractivity contribution in [3.8, 4) is 0 Å². The summed E-state index contributed by atoms with van der Waals surface area (Å²) in [5.74, 6) is 0.137. The molecule has 2 N–H and O–H groups in total. The number of carbonyl (C=O) groups is 1. The maximum Gasteiger partial charge on any atom is 0.229 e. The number of benzene rings is 2. The van der Waals surface area contributed by atoms with Crippen LogP contribution in [-0.2, 0) is 16.8 Å². The largest absolute Gasteiger partial charge is 0.387 e. The van der Waals surface area contributed by atoms with Gasteiger partial charge in [0.05, 0.1) is 11.7 Å². The van der Waals surface area contributed by atoms with E-state index in [0.29, 0.717) is 19.4 Å². The van der Waals surface area contributed by atoms with Crippen LogP contribution in [0.1, 0.15) is 61.5 Å². The number of fused-ring (bicyclic) bond motifs is 1. The van der Waals surface area contributed by atoms with Gasteiger partial charge in [0.1, 0.15) is 0 Å². The Morgan fingerprint density at radius 1 is 1.09 bits per heavy atom. The van der Waals surface area contributed by atoms with Gasteiger partial charge in [-0.25, -0.2) is 0 Å². The van der Waals surface area contributed by atoms with Crippen LogP contribution in [0.2, 0.25) is 0 Å². The fourth-order valence-corrected chi connectivity index (χ4v) is 5.04. The average Bonchev–Trinajstić information content (AvgIpc) is 2.79. The average molecular weight is 437 g/mol. The summed E-state index contributed by atoms with van der Waals surface area (Å²) in [6.07, 6.45) is 2.64. The first-order valence-corrected chi connectivity index (χ1v) is 11.9. The third kappa shape index (κ3) is 4.75. The first-order valence-electron chi connectivity index (χ1n) is 11.9. The molecular weight excluding hydrogens is 400 g/mol. The molecule has 2 aliphatic rings. The minimum Gasteiger partial charge on any atom is -0.387 e. The second kappa shape index (κ2) is 9.34. The molecule has 0 aromatic heterocycles. The van der Waals surface area contributed by atoms with Crippen molar-refractivity contribution in [3.05, 3.63) is 64.7 Å². The number of aryl methyl sites for hydroxylation is 2. The van der Waals surface area contributed by atoms with Gasteiger partial charge < -0.3 is 20.0 Å². The molecule has 5 nitrogen and oxygen atoms in total. The molecule has 1 saturated heterocycles. The van der Waals surface area contributed by atoms with E-state index in [2.05, 4.69) is 30.0 Å². The number of likely N-dealkylation sites (tertiary alicyclic amines) is 1. The van der Waals surface area contributed by atoms with Crippen LogP contribution in [0.5, 0.6) is 0 Å². The van der Waals surface area contributed by atoms with Gasteiger partial charge in [-0.3, -0.25) is 4.79 Å². The zero-order chi connectivity index (χ0) is 22.9. The van der Waals surface area contributed by atoms with Gasteiger partial charge in [-0.2, -0.15) is 0 Å². The lowest BCUT2D eigenvalue weighted by Crippen LogP contribution is -2.44. The van der Waals surface area contributed by atoms with E-state index in [-0.39, 0.29) is 11.8 Å². The third-order valence-corrected chi connectivity index (χ3v) is 7.04. The lowest BCUT2D eigenvalue weighted by molar-refractivity contribution is -0.121. The molecule has 4 rings (SSSR count). The normalized spacial score (nSPS) is 19.6. The van der Waals surface area contributed by atoms with Crippen LogP contribution in [0, 0.1) is 12.8 Å². The number of rotatable bonds is 5. The van der Waals surface area contributed by atoms with E-state index < -0.39 is 11.7 Å². The number of aliphatic hydroxyl groups excluding tert-OH is 1. The van der Waals surface area contributed by atoms with Crippen molar-refractivity contribution in [1.29, 1.82) is 0 Å². The van der Waals surface area contributed by atoms with Crippen molar-refractivity contribution in [1.82, 2.24) is 4.90 Å². The van der Waals surface area contributed by atoms with Crippen LogP contribution >= 0.6 is 0 Å². The van der Waals surface area contributed by atoms with E-state index in [1.54, 1.807) is 0 Å². The highest BCUT2D eigenvalue weighted by Gasteiger charge is 2.34. The number of piperidine rings is 1. The minimum atomic E-state index is -0.786. The van der Waals surface area contributed by atoms with Crippen molar-refractivity contribution >= 4 is 11.6 Å². The van der Waals surface area contributed by atoms with Gasteiger partial charge in [0.25, 0.3) is 0 Å². The number of hydrogen-bond acceptors (Lipinski definition) is 4. The second-order valence-corrected chi connectivity index (χ2v) is 9.85. The summed E-state index contributed by atoms with van der Waals surface area (Å²) in [6.45, 7) is 8.75. The summed E-state index contributed by atoms with van der Waals surface area (Å²) in [5, 5.41) is 22.1. The molecular formula is C27H36N2O3. The predicted molar refractivity (Wildman–Crippen MR) is 128 cm³/mol. The van der Waals surface area contributed by atoms with Crippen molar-refractivity contribution in [2.24, 2.45) is 5.92 Å². The highest BCUT2D eigenvalue weighted by molar-refractivity contribution is 5.95. The second-order valence-electron chi connectivity index (χ2n) is 9.85. The Morgan fingerprint density at radius 3 is 2.53 bits per heavy atom. The molecule has 1 fully saturated rings. The molecule has 172 valence electrons. The molecule has 2 heterocycles. The summed E-state index contributed by atoms with van der Waals surface area (Å²) in [4.78, 5) is 16.7. The molecule has 1 amide bonds. The van der Waals surface area contributed by atoms with Gasteiger partial charge >= 0.3 is 0 Å². The number of carbonyl (C=O) groups excluding carboxylic acids is 1. The lowest BCUT2D eigenvalue weighted by atomic mass is 9.83. The van der Waals surface area contributed by atoms with Crippen molar-refractivity contribution in [2.45, 2.75) is 58.2 Å². The maximum atomic E-state index is 12.6. The fourth-order valence-electron chi connectivity index (χ4n) is 5.04. The van der Waals surface area contributed by atoms with Gasteiger partial charge in [0.2, 0.25) is 5.91 Å². The minimum absolute atomic E-state index is 0.0243. The zero-order valence-corrected chi connectivity index (χ0v) is 19.6. The van der Waals surface area contributed by atoms with Crippen LogP contribution < -0.4 is 4.90 Å². The van der Waals surface area contributed by atoms with Crippen molar-refractivity contribution in [3.63, 3.8) is 0 Å². The first kappa shape index (κ1) is 23.0. The van der Waals surface area contributed by atoms with Crippen LogP contribution in [0.15, 0.2) is 42.5 Å². The van der Waals surface area contributed by atoms with Gasteiger partial charge in [0, 0.05) is 37.8 Å². The number of hydrogen-bond donors (Lipinski definition) is 2. The van der Waals surface area contributed by atoms with Crippen LogP contribution in [0.3, 0.4) is 0 Å². The van der Waals surface area contributed by atoms with E-state index >= 15 is 0 Å². The van der Waals surface area contributed by atoms with Gasteiger partial charge in [-0.15, -0.1) is 0 Å². The first-order chi connectivity index (χ1) is 15.3. The maximum absolute atomic E-state index is 12.6. The smallest absolute Gasteiger partial charge is 0.229 e. The Balaban J connectivity index is 1.40. The summed E-state index contributed by atoms with van der Waals surface area (Å²) < 4.78 is 0. The van der Waals surface area contributed by atoms with E-state index in [4.69, 9.17) is 0 Å². The van der Waals surface area contributed by atoms with E-state index in [0.717, 1.165) is 60.4 Å². The quantitative estimate of drug-likeness (QED) is 0.745. The lowest BCUT2D eigenvalue weighted by Gasteiger charge is -2.39. The van der Waals surface area contributed by atoms with Crippen LogP contribution in [0.4, 0.5) is 5.69 Å². The molecule has 2 aliphatic heterocycles. The topological polar surface area (TPSA) is 64.0 Å². The molecule has 0 saturated carbocycles. The molecule has 2 aromatic rings. The Morgan fingerprint density at radius 2 is 1.84 bits per heavy atom. The number of anilines is 1. The molecule has 0 unspecified atom stereocenters. The number of β-amino-alcohol motifs (C(OH)–C–C–N with tert-alkyl or cyclic N) is 1. The van der Waals surface area contributed by atoms with Gasteiger partial charge in [0.15, 0.2) is 0 Å². The van der Waals surface area contributed by atoms with E-state index in [1.165, 1.54) is 0 Å². The molecule has 32 heavy (non-hydrogen) atoms. The Labute approximate surface area is 191 Å².